The number of β-lactam (4-membered cyclic amide) rings is 1. The van der Waals surface area contributed by atoms with Crippen molar-refractivity contribution in [2.24, 2.45) is 0 Å². The maximum atomic E-state index is 12.7. The lowest BCUT2D eigenvalue weighted by molar-refractivity contribution is -0.150. The highest BCUT2D eigenvalue weighted by Crippen LogP contribution is 2.42. The third-order valence-corrected chi connectivity index (χ3v) is 9.44. The molecule has 2 aromatic rings. The van der Waals surface area contributed by atoms with Crippen LogP contribution >= 0.6 is 46.2 Å². The summed E-state index contributed by atoms with van der Waals surface area (Å²) >= 11 is 5.43. The van der Waals surface area contributed by atoms with Gasteiger partial charge in [-0.1, -0.05) is 29.2 Å². The third kappa shape index (κ3) is 4.93. The first-order valence-corrected chi connectivity index (χ1v) is 13.4. The summed E-state index contributed by atoms with van der Waals surface area (Å²) in [6.45, 7) is 1.43. The summed E-state index contributed by atoms with van der Waals surface area (Å²) in [6.07, 6.45) is 0.186. The zero-order valence-corrected chi connectivity index (χ0v) is 20.8. The predicted octanol–water partition coefficient (Wildman–Crippen LogP) is 1.66. The van der Waals surface area contributed by atoms with Crippen molar-refractivity contribution in [3.05, 3.63) is 33.7 Å². The minimum atomic E-state index is -1.18. The molecule has 2 N–H and O–H groups in total. The van der Waals surface area contributed by atoms with Crippen LogP contribution in [0.25, 0.3) is 0 Å². The van der Waals surface area contributed by atoms with Gasteiger partial charge in [-0.3, -0.25) is 24.2 Å². The number of rotatable bonds is 8. The largest absolute Gasteiger partial charge is 0.477 e. The number of thiophene rings is 1. The number of nitrogens with zero attached hydrogens (tertiary/aromatic N) is 4. The van der Waals surface area contributed by atoms with Crippen LogP contribution in [0.3, 0.4) is 0 Å². The quantitative estimate of drug-likeness (QED) is 0.300. The molecule has 0 spiro atoms. The van der Waals surface area contributed by atoms with E-state index in [-0.39, 0.29) is 23.9 Å². The highest BCUT2D eigenvalue weighted by molar-refractivity contribution is 8.01. The number of carboxylic acid groups (broad SMARTS) is 1. The van der Waals surface area contributed by atoms with E-state index in [1.54, 1.807) is 7.05 Å². The molecule has 1 fully saturated rings. The van der Waals surface area contributed by atoms with Crippen molar-refractivity contribution in [2.45, 2.75) is 29.1 Å². The molecule has 174 valence electrons. The van der Waals surface area contributed by atoms with Crippen LogP contribution in [0.1, 0.15) is 11.8 Å². The van der Waals surface area contributed by atoms with E-state index in [2.05, 4.69) is 15.5 Å². The SMILES string of the molecule is CC(=O)N(C)c1nnc(SCC2=C(C(=O)O)N3C(=O)C(NC(=O)Cc4cccs4)[C@H]3SC2)s1. The first-order valence-electron chi connectivity index (χ1n) is 9.68. The number of thioether (sulfide) groups is 2. The molecule has 0 radical (unpaired) electrons. The summed E-state index contributed by atoms with van der Waals surface area (Å²) in [5.74, 6) is -1.30. The molecule has 33 heavy (non-hydrogen) atoms. The van der Waals surface area contributed by atoms with Crippen LogP contribution in [0, 0.1) is 0 Å². The van der Waals surface area contributed by atoms with Crippen molar-refractivity contribution in [1.29, 1.82) is 0 Å². The second-order valence-electron chi connectivity index (χ2n) is 7.19. The second-order valence-corrected chi connectivity index (χ2v) is 11.5. The summed E-state index contributed by atoms with van der Waals surface area (Å²) in [5, 5.41) is 22.5. The van der Waals surface area contributed by atoms with Crippen molar-refractivity contribution in [1.82, 2.24) is 20.4 Å². The normalized spacial score (nSPS) is 19.7. The smallest absolute Gasteiger partial charge is 0.352 e. The van der Waals surface area contributed by atoms with Crippen LogP contribution < -0.4 is 10.2 Å². The lowest BCUT2D eigenvalue weighted by atomic mass is 10.0. The first-order chi connectivity index (χ1) is 15.8. The molecule has 2 aromatic heterocycles. The first kappa shape index (κ1) is 23.7. The minimum Gasteiger partial charge on any atom is -0.477 e. The number of nitrogens with one attached hydrogen (secondary N) is 1. The van der Waals surface area contributed by atoms with Gasteiger partial charge in [0.15, 0.2) is 4.34 Å². The highest BCUT2D eigenvalue weighted by atomic mass is 32.2. The molecule has 0 bridgehead atoms. The van der Waals surface area contributed by atoms with Gasteiger partial charge in [0.25, 0.3) is 5.91 Å². The molecule has 2 atom stereocenters. The number of hydrogen-bond donors (Lipinski definition) is 2. The zero-order chi connectivity index (χ0) is 23.7. The topological polar surface area (TPSA) is 133 Å². The van der Waals surface area contributed by atoms with E-state index in [0.29, 0.717) is 26.6 Å². The summed E-state index contributed by atoms with van der Waals surface area (Å²) in [7, 11) is 1.60. The Hall–Kier alpha value is -2.42. The van der Waals surface area contributed by atoms with E-state index >= 15 is 0 Å². The molecule has 1 unspecified atom stereocenters. The number of anilines is 1. The Morgan fingerprint density at radius 1 is 1.36 bits per heavy atom. The molecular weight excluding hydrogens is 507 g/mol. The summed E-state index contributed by atoms with van der Waals surface area (Å²) in [4.78, 5) is 52.1. The molecule has 4 rings (SSSR count). The van der Waals surface area contributed by atoms with Crippen LogP contribution in [0.4, 0.5) is 5.13 Å². The highest BCUT2D eigenvalue weighted by Gasteiger charge is 2.54. The third-order valence-electron chi connectivity index (χ3n) is 5.01. The lowest BCUT2D eigenvalue weighted by Gasteiger charge is -2.49. The van der Waals surface area contributed by atoms with Gasteiger partial charge in [0, 0.05) is 30.4 Å². The van der Waals surface area contributed by atoms with Crippen LogP contribution in [-0.2, 0) is 25.6 Å². The van der Waals surface area contributed by atoms with E-state index in [1.807, 2.05) is 17.5 Å². The number of carbonyl (C=O) groups excluding carboxylic acids is 3. The molecule has 1 saturated heterocycles. The molecule has 4 heterocycles. The Morgan fingerprint density at radius 2 is 2.15 bits per heavy atom. The predicted molar refractivity (Wildman–Crippen MR) is 127 cm³/mol. The number of fused-ring (bicyclic) bond motifs is 1. The maximum Gasteiger partial charge on any atom is 0.352 e. The number of carbonyl (C=O) groups is 4. The van der Waals surface area contributed by atoms with E-state index < -0.39 is 23.3 Å². The molecular formula is C19H19N5O5S4. The minimum absolute atomic E-state index is 0.0365. The van der Waals surface area contributed by atoms with E-state index in [9.17, 15) is 24.3 Å². The van der Waals surface area contributed by atoms with Gasteiger partial charge in [-0.15, -0.1) is 33.3 Å². The molecule has 0 saturated carbocycles. The fraction of sp³-hybridized carbons (Fsp3) is 0.368. The molecule has 0 aromatic carbocycles. The lowest BCUT2D eigenvalue weighted by Crippen LogP contribution is -2.70. The molecule has 14 heteroatoms. The number of hydrogen-bond acceptors (Lipinski definition) is 10. The molecule has 10 nitrogen and oxygen atoms in total. The van der Waals surface area contributed by atoms with Crippen molar-refractivity contribution >= 4 is 75.0 Å². The zero-order valence-electron chi connectivity index (χ0n) is 17.5. The molecule has 0 aliphatic carbocycles. The fourth-order valence-electron chi connectivity index (χ4n) is 3.27. The monoisotopic (exact) mass is 525 g/mol. The van der Waals surface area contributed by atoms with Gasteiger partial charge < -0.3 is 10.4 Å². The average Bonchev–Trinajstić information content (AvgIpc) is 3.46. The Morgan fingerprint density at radius 3 is 2.82 bits per heavy atom. The van der Waals surface area contributed by atoms with Crippen LogP contribution in [0.5, 0.6) is 0 Å². The van der Waals surface area contributed by atoms with Gasteiger partial charge in [0.05, 0.1) is 6.42 Å². The van der Waals surface area contributed by atoms with Gasteiger partial charge in [0.1, 0.15) is 17.1 Å². The second kappa shape index (κ2) is 9.83. The maximum absolute atomic E-state index is 12.7. The average molecular weight is 526 g/mol. The van der Waals surface area contributed by atoms with Gasteiger partial charge >= 0.3 is 5.97 Å². The molecule has 3 amide bonds. The Labute approximate surface area is 205 Å². The Bertz CT molecular complexity index is 1130. The number of aliphatic carboxylic acids is 1. The Balaban J connectivity index is 1.42. The summed E-state index contributed by atoms with van der Waals surface area (Å²) in [5.41, 5.74) is 0.563. The summed E-state index contributed by atoms with van der Waals surface area (Å²) in [6, 6.07) is 2.97. The van der Waals surface area contributed by atoms with Gasteiger partial charge in [-0.2, -0.15) is 0 Å². The number of amides is 3. The van der Waals surface area contributed by atoms with Crippen LogP contribution in [-0.4, -0.2) is 73.9 Å². The number of carboxylic acids is 1. The van der Waals surface area contributed by atoms with Crippen molar-refractivity contribution in [3.8, 4) is 0 Å². The van der Waals surface area contributed by atoms with E-state index in [0.717, 1.165) is 4.88 Å². The van der Waals surface area contributed by atoms with Gasteiger partial charge in [0.2, 0.25) is 16.9 Å². The number of aromatic nitrogens is 2. The Kier molecular flexibility index (Phi) is 7.07. The standard InChI is InChI=1S/C19H19N5O5S4/c1-9(25)23(2)18-21-22-19(33-18)32-8-10-7-31-16-13(15(27)24(16)14(10)17(28)29)20-12(26)6-11-4-3-5-30-11/h3-5,13,16H,6-8H2,1-2H3,(H,20,26)(H,28,29)/t13?,16-/m1/s1. The fourth-order valence-corrected chi connectivity index (χ4v) is 7.30. The van der Waals surface area contributed by atoms with Crippen molar-refractivity contribution in [2.75, 3.05) is 23.5 Å². The van der Waals surface area contributed by atoms with Crippen LogP contribution in [0.15, 0.2) is 33.1 Å². The molecule has 2 aliphatic heterocycles. The van der Waals surface area contributed by atoms with Gasteiger partial charge in [-0.05, 0) is 17.0 Å². The van der Waals surface area contributed by atoms with Crippen LogP contribution in [0.2, 0.25) is 0 Å². The van der Waals surface area contributed by atoms with Crippen molar-refractivity contribution in [3.63, 3.8) is 0 Å². The van der Waals surface area contributed by atoms with E-state index in [4.69, 9.17) is 0 Å². The van der Waals surface area contributed by atoms with Gasteiger partial charge in [-0.25, -0.2) is 4.79 Å². The summed E-state index contributed by atoms with van der Waals surface area (Å²) < 4.78 is 0.594. The molecule has 2 aliphatic rings. The van der Waals surface area contributed by atoms with Crippen molar-refractivity contribution < 1.29 is 24.3 Å². The van der Waals surface area contributed by atoms with E-state index in [1.165, 1.54) is 62.9 Å².